The van der Waals surface area contributed by atoms with Gasteiger partial charge in [-0.3, -0.25) is 4.79 Å². The molecule has 0 spiro atoms. The molecule has 2 nitrogen and oxygen atoms in total. The molecule has 0 aromatic heterocycles. The van der Waals surface area contributed by atoms with Crippen molar-refractivity contribution < 1.29 is 13.9 Å². The van der Waals surface area contributed by atoms with E-state index >= 15 is 0 Å². The lowest BCUT2D eigenvalue weighted by Gasteiger charge is -2.06. The predicted molar refractivity (Wildman–Crippen MR) is 76.7 cm³/mol. The van der Waals surface area contributed by atoms with Gasteiger partial charge in [0.2, 0.25) is 0 Å². The van der Waals surface area contributed by atoms with E-state index in [1.165, 1.54) is 6.07 Å². The highest BCUT2D eigenvalue weighted by molar-refractivity contribution is 6.30. The Balaban J connectivity index is 1.82. The van der Waals surface area contributed by atoms with Gasteiger partial charge in [0.25, 0.3) is 0 Å². The molecule has 20 heavy (non-hydrogen) atoms. The van der Waals surface area contributed by atoms with Crippen LogP contribution in [-0.4, -0.2) is 12.4 Å². The van der Waals surface area contributed by atoms with Crippen LogP contribution in [0.1, 0.15) is 12.0 Å². The van der Waals surface area contributed by atoms with Crippen LogP contribution >= 0.6 is 11.6 Å². The van der Waals surface area contributed by atoms with Crippen LogP contribution in [0.2, 0.25) is 5.02 Å². The molecule has 2 rings (SSSR count). The number of carbonyl (C=O) groups is 1. The highest BCUT2D eigenvalue weighted by Crippen LogP contribution is 2.18. The van der Waals surface area contributed by atoms with Crippen molar-refractivity contribution in [2.75, 3.05) is 6.61 Å². The molecule has 0 aliphatic heterocycles. The maximum Gasteiger partial charge on any atom is 0.145 e. The van der Waals surface area contributed by atoms with E-state index in [1.807, 2.05) is 30.3 Å². The zero-order valence-electron chi connectivity index (χ0n) is 10.8. The van der Waals surface area contributed by atoms with Gasteiger partial charge in [-0.1, -0.05) is 41.9 Å². The van der Waals surface area contributed by atoms with E-state index in [1.54, 1.807) is 12.1 Å². The standard InChI is InChI=1S/C16H14ClFO2/c17-15-8-4-5-12(16(15)18)11-13(19)9-10-20-14-6-2-1-3-7-14/h1-8H,9-11H2. The highest BCUT2D eigenvalue weighted by atomic mass is 35.5. The zero-order valence-corrected chi connectivity index (χ0v) is 11.6. The Morgan fingerprint density at radius 2 is 1.85 bits per heavy atom. The number of benzene rings is 2. The molecule has 0 amide bonds. The van der Waals surface area contributed by atoms with Gasteiger partial charge in [0.15, 0.2) is 0 Å². The molecule has 0 saturated carbocycles. The van der Waals surface area contributed by atoms with Crippen LogP contribution in [0, 0.1) is 5.82 Å². The third-order valence-corrected chi connectivity index (χ3v) is 3.10. The molecule has 0 aliphatic rings. The summed E-state index contributed by atoms with van der Waals surface area (Å²) in [5, 5.41) is 0.0378. The molecule has 4 heteroatoms. The number of rotatable bonds is 6. The minimum Gasteiger partial charge on any atom is -0.493 e. The van der Waals surface area contributed by atoms with Crippen LogP contribution in [0.3, 0.4) is 0 Å². The second-order valence-electron chi connectivity index (χ2n) is 4.34. The van der Waals surface area contributed by atoms with E-state index in [2.05, 4.69) is 0 Å². The number of ketones is 1. The van der Waals surface area contributed by atoms with E-state index in [0.717, 1.165) is 0 Å². The first kappa shape index (κ1) is 14.5. The van der Waals surface area contributed by atoms with E-state index < -0.39 is 5.82 Å². The van der Waals surface area contributed by atoms with Crippen molar-refractivity contribution in [2.24, 2.45) is 0 Å². The molecule has 0 N–H and O–H groups in total. The molecule has 0 atom stereocenters. The molecule has 0 aliphatic carbocycles. The van der Waals surface area contributed by atoms with Crippen molar-refractivity contribution in [1.29, 1.82) is 0 Å². The van der Waals surface area contributed by atoms with Gasteiger partial charge in [-0.15, -0.1) is 0 Å². The lowest BCUT2D eigenvalue weighted by molar-refractivity contribution is -0.118. The minimum absolute atomic E-state index is 0.0323. The Bertz CT molecular complexity index is 584. The van der Waals surface area contributed by atoms with Crippen LogP contribution in [-0.2, 0) is 11.2 Å². The smallest absolute Gasteiger partial charge is 0.145 e. The van der Waals surface area contributed by atoms with Gasteiger partial charge in [-0.25, -0.2) is 4.39 Å². The van der Waals surface area contributed by atoms with Crippen LogP contribution in [0.25, 0.3) is 0 Å². The van der Waals surface area contributed by atoms with Gasteiger partial charge >= 0.3 is 0 Å². The van der Waals surface area contributed by atoms with Crippen molar-refractivity contribution >= 4 is 17.4 Å². The first-order valence-corrected chi connectivity index (χ1v) is 6.67. The molecule has 2 aromatic rings. The Hall–Kier alpha value is -1.87. The quantitative estimate of drug-likeness (QED) is 0.802. The molecule has 0 saturated heterocycles. The maximum absolute atomic E-state index is 13.6. The first-order valence-electron chi connectivity index (χ1n) is 6.29. The number of halogens is 2. The third-order valence-electron chi connectivity index (χ3n) is 2.81. The summed E-state index contributed by atoms with van der Waals surface area (Å²) in [5.74, 6) is 0.114. The van der Waals surface area contributed by atoms with Crippen molar-refractivity contribution in [3.63, 3.8) is 0 Å². The molecule has 0 bridgehead atoms. The lowest BCUT2D eigenvalue weighted by Crippen LogP contribution is -2.10. The van der Waals surface area contributed by atoms with E-state index in [9.17, 15) is 9.18 Å². The monoisotopic (exact) mass is 292 g/mol. The SMILES string of the molecule is O=C(CCOc1ccccc1)Cc1cccc(Cl)c1F. The molecule has 0 radical (unpaired) electrons. The van der Waals surface area contributed by atoms with Gasteiger partial charge in [0, 0.05) is 12.8 Å². The fourth-order valence-corrected chi connectivity index (χ4v) is 1.98. The van der Waals surface area contributed by atoms with Crippen LogP contribution in [0.4, 0.5) is 4.39 Å². The van der Waals surface area contributed by atoms with Crippen molar-refractivity contribution in [3.05, 3.63) is 64.9 Å². The van der Waals surface area contributed by atoms with Gasteiger partial charge in [-0.05, 0) is 23.8 Å². The Kier molecular flexibility index (Phi) is 5.13. The van der Waals surface area contributed by atoms with Crippen molar-refractivity contribution in [2.45, 2.75) is 12.8 Å². The number of para-hydroxylation sites is 1. The second kappa shape index (κ2) is 7.06. The lowest BCUT2D eigenvalue weighted by atomic mass is 10.1. The maximum atomic E-state index is 13.6. The van der Waals surface area contributed by atoms with E-state index in [-0.39, 0.29) is 30.3 Å². The summed E-state index contributed by atoms with van der Waals surface area (Å²) in [7, 11) is 0. The average Bonchev–Trinajstić information content (AvgIpc) is 2.45. The molecule has 0 fully saturated rings. The Morgan fingerprint density at radius 3 is 2.60 bits per heavy atom. The van der Waals surface area contributed by atoms with Crippen LogP contribution in [0.5, 0.6) is 5.75 Å². The van der Waals surface area contributed by atoms with Crippen LogP contribution in [0.15, 0.2) is 48.5 Å². The summed E-state index contributed by atoms with van der Waals surface area (Å²) in [5.41, 5.74) is 0.321. The number of Topliss-reactive ketones (excluding diaryl/α,β-unsaturated/α-hetero) is 1. The molecular weight excluding hydrogens is 279 g/mol. The average molecular weight is 293 g/mol. The summed E-state index contributed by atoms with van der Waals surface area (Å²) in [6.45, 7) is 0.283. The summed E-state index contributed by atoms with van der Waals surface area (Å²) in [6.07, 6.45) is 0.269. The zero-order chi connectivity index (χ0) is 14.4. The largest absolute Gasteiger partial charge is 0.493 e. The third kappa shape index (κ3) is 4.07. The predicted octanol–water partition coefficient (Wildman–Crippen LogP) is 4.06. The van der Waals surface area contributed by atoms with Gasteiger partial charge in [-0.2, -0.15) is 0 Å². The van der Waals surface area contributed by atoms with Gasteiger partial charge in [0.1, 0.15) is 17.3 Å². The summed E-state index contributed by atoms with van der Waals surface area (Å²) >= 11 is 5.67. The second-order valence-corrected chi connectivity index (χ2v) is 4.75. The molecule has 0 heterocycles. The summed E-state index contributed by atoms with van der Waals surface area (Å²) in [6, 6.07) is 13.9. The van der Waals surface area contributed by atoms with E-state index in [0.29, 0.717) is 11.3 Å². The van der Waals surface area contributed by atoms with Gasteiger partial charge in [0.05, 0.1) is 11.6 Å². The van der Waals surface area contributed by atoms with Gasteiger partial charge < -0.3 is 4.74 Å². The highest BCUT2D eigenvalue weighted by Gasteiger charge is 2.10. The number of hydrogen-bond acceptors (Lipinski definition) is 2. The van der Waals surface area contributed by atoms with Crippen LogP contribution < -0.4 is 4.74 Å². The summed E-state index contributed by atoms with van der Waals surface area (Å²) in [4.78, 5) is 11.8. The Morgan fingerprint density at radius 1 is 1.10 bits per heavy atom. The number of hydrogen-bond donors (Lipinski definition) is 0. The molecule has 2 aromatic carbocycles. The van der Waals surface area contributed by atoms with Crippen molar-refractivity contribution in [3.8, 4) is 5.75 Å². The molecule has 0 unspecified atom stereocenters. The minimum atomic E-state index is -0.522. The fourth-order valence-electron chi connectivity index (χ4n) is 1.79. The fraction of sp³-hybridized carbons (Fsp3) is 0.188. The number of ether oxygens (including phenoxy) is 1. The molecular formula is C16H14ClFO2. The molecule has 104 valence electrons. The first-order chi connectivity index (χ1) is 9.66. The Labute approximate surface area is 122 Å². The topological polar surface area (TPSA) is 26.3 Å². The summed E-state index contributed by atoms with van der Waals surface area (Å²) < 4.78 is 19.1. The number of carbonyl (C=O) groups excluding carboxylic acids is 1. The van der Waals surface area contributed by atoms with Crippen molar-refractivity contribution in [1.82, 2.24) is 0 Å². The normalized spacial score (nSPS) is 10.3. The van der Waals surface area contributed by atoms with E-state index in [4.69, 9.17) is 16.3 Å².